The van der Waals surface area contributed by atoms with Crippen molar-refractivity contribution in [2.24, 2.45) is 0 Å². The summed E-state index contributed by atoms with van der Waals surface area (Å²) in [5, 5.41) is 0.414. The first-order chi connectivity index (χ1) is 12.8. The predicted molar refractivity (Wildman–Crippen MR) is 87.4 cm³/mol. The van der Waals surface area contributed by atoms with Crippen molar-refractivity contribution in [1.29, 1.82) is 0 Å². The van der Waals surface area contributed by atoms with E-state index >= 15 is 0 Å². The Morgan fingerprint density at radius 1 is 0.963 bits per heavy atom. The van der Waals surface area contributed by atoms with Gasteiger partial charge in [-0.15, -0.1) is 0 Å². The van der Waals surface area contributed by atoms with Gasteiger partial charge in [-0.25, -0.2) is 4.79 Å². The second-order valence-electron chi connectivity index (χ2n) is 5.97. The number of carbonyl (C=O) groups excluding carboxylic acids is 3. The minimum Gasteiger partial charge on any atom is -0.330 e. The number of rotatable bonds is 5. The molecular formula is C19H14F3NO4. The molecule has 2 amide bonds. The Labute approximate surface area is 152 Å². The fraction of sp³-hybridized carbons (Fsp3) is 0.211. The van der Waals surface area contributed by atoms with E-state index in [1.54, 1.807) is 12.1 Å². The van der Waals surface area contributed by atoms with E-state index in [1.807, 2.05) is 0 Å². The summed E-state index contributed by atoms with van der Waals surface area (Å²) in [6.07, 6.45) is -4.14. The molecule has 2 aromatic rings. The Morgan fingerprint density at radius 3 is 2.19 bits per heavy atom. The molecule has 2 aromatic carbocycles. The number of fused-ring (bicyclic) bond motifs is 1. The molecule has 0 aliphatic carbocycles. The van der Waals surface area contributed by atoms with Gasteiger partial charge in [-0.2, -0.15) is 13.2 Å². The van der Waals surface area contributed by atoms with Crippen LogP contribution in [0.5, 0.6) is 0 Å². The smallest absolute Gasteiger partial charge is 0.330 e. The molecule has 0 saturated heterocycles. The van der Waals surface area contributed by atoms with E-state index in [4.69, 9.17) is 4.84 Å². The van der Waals surface area contributed by atoms with Crippen molar-refractivity contribution in [3.63, 3.8) is 0 Å². The second kappa shape index (κ2) is 7.22. The van der Waals surface area contributed by atoms with Gasteiger partial charge in [-0.1, -0.05) is 35.4 Å². The molecule has 1 aliphatic heterocycles. The van der Waals surface area contributed by atoms with E-state index in [9.17, 15) is 27.6 Å². The number of hydrogen-bond acceptors (Lipinski definition) is 4. The zero-order chi connectivity index (χ0) is 19.6. The highest BCUT2D eigenvalue weighted by Gasteiger charge is 2.38. The highest BCUT2D eigenvalue weighted by Crippen LogP contribution is 2.30. The highest BCUT2D eigenvalue weighted by atomic mass is 19.4. The molecule has 0 unspecified atom stereocenters. The maximum Gasteiger partial charge on any atom is 0.416 e. The monoisotopic (exact) mass is 377 g/mol. The van der Waals surface area contributed by atoms with E-state index in [0.717, 1.165) is 12.1 Å². The summed E-state index contributed by atoms with van der Waals surface area (Å²) in [4.78, 5) is 40.9. The van der Waals surface area contributed by atoms with Crippen molar-refractivity contribution in [3.05, 3.63) is 70.8 Å². The van der Waals surface area contributed by atoms with E-state index in [1.165, 1.54) is 24.3 Å². The maximum absolute atomic E-state index is 12.7. The van der Waals surface area contributed by atoms with Crippen molar-refractivity contribution >= 4 is 17.8 Å². The second-order valence-corrected chi connectivity index (χ2v) is 5.97. The predicted octanol–water partition coefficient (Wildman–Crippen LogP) is 3.78. The summed E-state index contributed by atoms with van der Waals surface area (Å²) < 4.78 is 38.1. The molecule has 0 bridgehead atoms. The minimum absolute atomic E-state index is 0.149. The molecule has 0 spiro atoms. The van der Waals surface area contributed by atoms with Gasteiger partial charge in [0.05, 0.1) is 16.7 Å². The number of amides is 2. The van der Waals surface area contributed by atoms with Crippen LogP contribution in [0.3, 0.4) is 0 Å². The summed E-state index contributed by atoms with van der Waals surface area (Å²) >= 11 is 0. The molecule has 1 heterocycles. The van der Waals surface area contributed by atoms with Gasteiger partial charge in [0.1, 0.15) is 0 Å². The number of hydroxylamine groups is 2. The quantitative estimate of drug-likeness (QED) is 0.744. The van der Waals surface area contributed by atoms with Crippen molar-refractivity contribution in [2.45, 2.75) is 25.4 Å². The van der Waals surface area contributed by atoms with Gasteiger partial charge in [-0.05, 0) is 36.6 Å². The van der Waals surface area contributed by atoms with E-state index < -0.39 is 29.5 Å². The van der Waals surface area contributed by atoms with Crippen molar-refractivity contribution in [3.8, 4) is 0 Å². The lowest BCUT2D eigenvalue weighted by Gasteiger charge is -2.12. The largest absolute Gasteiger partial charge is 0.416 e. The van der Waals surface area contributed by atoms with Crippen molar-refractivity contribution in [2.75, 3.05) is 0 Å². The van der Waals surface area contributed by atoms with Gasteiger partial charge in [0, 0.05) is 6.42 Å². The third-order valence-corrected chi connectivity index (χ3v) is 4.05. The summed E-state index contributed by atoms with van der Waals surface area (Å²) in [7, 11) is 0. The lowest BCUT2D eigenvalue weighted by Crippen LogP contribution is -2.32. The van der Waals surface area contributed by atoms with Crippen LogP contribution in [0.25, 0.3) is 0 Å². The molecule has 27 heavy (non-hydrogen) atoms. The van der Waals surface area contributed by atoms with Gasteiger partial charge in [0.15, 0.2) is 0 Å². The van der Waals surface area contributed by atoms with Gasteiger partial charge in [0.2, 0.25) is 0 Å². The topological polar surface area (TPSA) is 63.7 Å². The zero-order valence-corrected chi connectivity index (χ0v) is 14.0. The van der Waals surface area contributed by atoms with Crippen LogP contribution in [0.2, 0.25) is 0 Å². The molecule has 140 valence electrons. The molecule has 3 rings (SSSR count). The summed E-state index contributed by atoms with van der Waals surface area (Å²) in [6.45, 7) is 0. The Balaban J connectivity index is 1.54. The zero-order valence-electron chi connectivity index (χ0n) is 14.0. The van der Waals surface area contributed by atoms with Gasteiger partial charge < -0.3 is 4.84 Å². The number of carbonyl (C=O) groups is 3. The van der Waals surface area contributed by atoms with E-state index in [0.29, 0.717) is 10.6 Å². The fourth-order valence-electron chi connectivity index (χ4n) is 2.74. The number of alkyl halides is 3. The Hall–Kier alpha value is -3.16. The van der Waals surface area contributed by atoms with E-state index in [-0.39, 0.29) is 30.4 Å². The van der Waals surface area contributed by atoms with Crippen LogP contribution in [-0.4, -0.2) is 22.8 Å². The maximum atomic E-state index is 12.7. The SMILES string of the molecule is O=C(CCCc1cccc(C(F)(F)F)c1)ON1C(=O)c2ccccc2C1=O. The van der Waals surface area contributed by atoms with Crippen molar-refractivity contribution < 1.29 is 32.4 Å². The Bertz CT molecular complexity index is 873. The lowest BCUT2D eigenvalue weighted by atomic mass is 10.1. The molecule has 0 fully saturated rings. The molecular weight excluding hydrogens is 363 g/mol. The van der Waals surface area contributed by atoms with Crippen LogP contribution in [0.4, 0.5) is 13.2 Å². The number of imide groups is 1. The first kappa shape index (κ1) is 18.6. The molecule has 5 nitrogen and oxygen atoms in total. The number of aryl methyl sites for hydroxylation is 1. The normalized spacial score (nSPS) is 13.7. The van der Waals surface area contributed by atoms with Crippen LogP contribution in [0.1, 0.15) is 44.7 Å². The van der Waals surface area contributed by atoms with E-state index in [2.05, 4.69) is 0 Å². The average molecular weight is 377 g/mol. The average Bonchev–Trinajstić information content (AvgIpc) is 2.87. The van der Waals surface area contributed by atoms with Gasteiger partial charge >= 0.3 is 12.1 Å². The standard InChI is InChI=1S/C19H14F3NO4/c20-19(21,22)13-7-3-5-12(11-13)6-4-10-16(24)27-23-17(25)14-8-1-2-9-15(14)18(23)26/h1-3,5,7-9,11H,4,6,10H2. The number of hydrogen-bond donors (Lipinski definition) is 0. The third-order valence-electron chi connectivity index (χ3n) is 4.05. The molecule has 0 aromatic heterocycles. The molecule has 0 N–H and O–H groups in total. The summed E-state index contributed by atoms with van der Waals surface area (Å²) in [6, 6.07) is 10.9. The first-order valence-corrected chi connectivity index (χ1v) is 8.12. The number of halogens is 3. The number of benzene rings is 2. The summed E-state index contributed by atoms with van der Waals surface area (Å²) in [5.74, 6) is -2.25. The van der Waals surface area contributed by atoms with Crippen LogP contribution in [0, 0.1) is 0 Å². The van der Waals surface area contributed by atoms with Crippen LogP contribution < -0.4 is 0 Å². The van der Waals surface area contributed by atoms with Crippen molar-refractivity contribution in [1.82, 2.24) is 5.06 Å². The molecule has 8 heteroatoms. The number of nitrogens with zero attached hydrogens (tertiary/aromatic N) is 1. The Kier molecular flexibility index (Phi) is 4.98. The molecule has 0 saturated carbocycles. The van der Waals surface area contributed by atoms with Crippen LogP contribution in [-0.2, 0) is 22.2 Å². The van der Waals surface area contributed by atoms with Crippen LogP contribution >= 0.6 is 0 Å². The Morgan fingerprint density at radius 2 is 1.59 bits per heavy atom. The van der Waals surface area contributed by atoms with Crippen LogP contribution in [0.15, 0.2) is 48.5 Å². The summed E-state index contributed by atoms with van der Waals surface area (Å²) in [5.41, 5.74) is -0.0227. The fourth-order valence-corrected chi connectivity index (χ4v) is 2.74. The third kappa shape index (κ3) is 3.99. The molecule has 0 radical (unpaired) electrons. The first-order valence-electron chi connectivity index (χ1n) is 8.12. The van der Waals surface area contributed by atoms with Gasteiger partial charge in [-0.3, -0.25) is 9.59 Å². The molecule has 0 atom stereocenters. The minimum atomic E-state index is -4.43. The lowest BCUT2D eigenvalue weighted by molar-refractivity contribution is -0.168. The van der Waals surface area contributed by atoms with Gasteiger partial charge in [0.25, 0.3) is 11.8 Å². The highest BCUT2D eigenvalue weighted by molar-refractivity contribution is 6.20. The molecule has 1 aliphatic rings.